The molecule has 1 fully saturated rings. The molecule has 2 rings (SSSR count). The molecule has 6 heteroatoms. The average molecular weight is 269 g/mol. The molecule has 1 aromatic rings. The molecule has 1 aliphatic rings. The third kappa shape index (κ3) is 2.71. The molecule has 0 aliphatic carbocycles. The summed E-state index contributed by atoms with van der Waals surface area (Å²) in [6.07, 6.45) is 1.70. The summed E-state index contributed by atoms with van der Waals surface area (Å²) in [7, 11) is 1.88. The highest BCUT2D eigenvalue weighted by atomic mass is 32.1. The van der Waals surface area contributed by atoms with E-state index in [1.165, 1.54) is 11.3 Å². The molecule has 0 radical (unpaired) electrons. The van der Waals surface area contributed by atoms with Crippen LogP contribution in [0.25, 0.3) is 0 Å². The van der Waals surface area contributed by atoms with E-state index in [1.807, 2.05) is 26.3 Å². The van der Waals surface area contributed by atoms with Crippen molar-refractivity contribution in [2.75, 3.05) is 19.0 Å². The molecule has 0 aromatic carbocycles. The van der Waals surface area contributed by atoms with Crippen LogP contribution in [0.15, 0.2) is 5.38 Å². The normalized spacial score (nSPS) is 25.1. The van der Waals surface area contributed by atoms with E-state index in [-0.39, 0.29) is 11.9 Å². The molecule has 0 saturated carbocycles. The Morgan fingerprint density at radius 2 is 2.44 bits per heavy atom. The lowest BCUT2D eigenvalue weighted by Gasteiger charge is -2.20. The maximum atomic E-state index is 12.1. The molecular formula is C12H19N3O2S. The Morgan fingerprint density at radius 3 is 3.06 bits per heavy atom. The van der Waals surface area contributed by atoms with Gasteiger partial charge < -0.3 is 10.1 Å². The van der Waals surface area contributed by atoms with Gasteiger partial charge in [0.15, 0.2) is 5.13 Å². The van der Waals surface area contributed by atoms with E-state index in [2.05, 4.69) is 15.6 Å². The first-order valence-corrected chi connectivity index (χ1v) is 7.01. The van der Waals surface area contributed by atoms with Crippen molar-refractivity contribution in [1.82, 2.24) is 10.3 Å². The fourth-order valence-electron chi connectivity index (χ4n) is 1.88. The van der Waals surface area contributed by atoms with E-state index in [1.54, 1.807) is 0 Å². The van der Waals surface area contributed by atoms with Crippen molar-refractivity contribution in [3.63, 3.8) is 0 Å². The highest BCUT2D eigenvalue weighted by Crippen LogP contribution is 2.28. The Labute approximate surface area is 111 Å². The molecule has 1 aromatic heterocycles. The topological polar surface area (TPSA) is 63.2 Å². The number of nitrogens with zero attached hydrogens (tertiary/aromatic N) is 1. The molecule has 100 valence electrons. The largest absolute Gasteiger partial charge is 0.365 e. The van der Waals surface area contributed by atoms with E-state index in [0.29, 0.717) is 11.7 Å². The maximum absolute atomic E-state index is 12.1. The molecule has 1 aliphatic heterocycles. The van der Waals surface area contributed by atoms with Crippen LogP contribution in [0.1, 0.15) is 38.4 Å². The summed E-state index contributed by atoms with van der Waals surface area (Å²) in [4.78, 5) is 16.5. The van der Waals surface area contributed by atoms with Gasteiger partial charge in [0.05, 0.1) is 5.69 Å². The van der Waals surface area contributed by atoms with Gasteiger partial charge in [-0.3, -0.25) is 10.1 Å². The van der Waals surface area contributed by atoms with Crippen molar-refractivity contribution in [2.45, 2.75) is 38.3 Å². The van der Waals surface area contributed by atoms with Gasteiger partial charge in [-0.15, -0.1) is 11.3 Å². The summed E-state index contributed by atoms with van der Waals surface area (Å²) in [5.74, 6) is -0.0991. The number of thiazole rings is 1. The zero-order chi connectivity index (χ0) is 13.2. The maximum Gasteiger partial charge on any atom is 0.258 e. The van der Waals surface area contributed by atoms with Gasteiger partial charge in [0, 0.05) is 18.0 Å². The first-order chi connectivity index (χ1) is 8.55. The Morgan fingerprint density at radius 1 is 1.67 bits per heavy atom. The van der Waals surface area contributed by atoms with Crippen LogP contribution >= 0.6 is 11.3 Å². The second-order valence-corrected chi connectivity index (χ2v) is 5.58. The van der Waals surface area contributed by atoms with E-state index < -0.39 is 5.60 Å². The minimum atomic E-state index is -0.694. The Balaban J connectivity index is 2.01. The standard InChI is InChI=1S/C12H19N3O2S/c1-8(13-3)9-7-18-11(14-9)15-10(16)12(2)5-4-6-17-12/h7-8,13H,4-6H2,1-3H3,(H,14,15,16). The quantitative estimate of drug-likeness (QED) is 0.876. The molecule has 1 saturated heterocycles. The van der Waals surface area contributed by atoms with Crippen molar-refractivity contribution in [1.29, 1.82) is 0 Å². The average Bonchev–Trinajstić information content (AvgIpc) is 2.98. The second-order valence-electron chi connectivity index (χ2n) is 4.72. The molecular weight excluding hydrogens is 250 g/mol. The number of hydrogen-bond donors (Lipinski definition) is 2. The number of ether oxygens (including phenoxy) is 1. The fourth-order valence-corrected chi connectivity index (χ4v) is 2.68. The lowest BCUT2D eigenvalue weighted by molar-refractivity contribution is -0.133. The number of amides is 1. The minimum absolute atomic E-state index is 0.0991. The minimum Gasteiger partial charge on any atom is -0.365 e. The van der Waals surface area contributed by atoms with E-state index in [0.717, 1.165) is 18.5 Å². The molecule has 0 spiro atoms. The van der Waals surface area contributed by atoms with Crippen LogP contribution in [-0.2, 0) is 9.53 Å². The molecule has 2 N–H and O–H groups in total. The zero-order valence-electron chi connectivity index (χ0n) is 10.9. The number of carbonyl (C=O) groups is 1. The summed E-state index contributed by atoms with van der Waals surface area (Å²) in [6, 6.07) is 0.185. The second kappa shape index (κ2) is 5.34. The van der Waals surface area contributed by atoms with Crippen LogP contribution in [0, 0.1) is 0 Å². The highest BCUT2D eigenvalue weighted by Gasteiger charge is 2.38. The monoisotopic (exact) mass is 269 g/mol. The molecule has 2 unspecified atom stereocenters. The van der Waals surface area contributed by atoms with Crippen LogP contribution < -0.4 is 10.6 Å². The zero-order valence-corrected chi connectivity index (χ0v) is 11.8. The first-order valence-electron chi connectivity index (χ1n) is 6.13. The van der Waals surface area contributed by atoms with Crippen LogP contribution in [-0.4, -0.2) is 30.1 Å². The number of carbonyl (C=O) groups excluding carboxylic acids is 1. The molecule has 2 atom stereocenters. The van der Waals surface area contributed by atoms with Gasteiger partial charge >= 0.3 is 0 Å². The lowest BCUT2D eigenvalue weighted by Crippen LogP contribution is -2.39. The molecule has 5 nitrogen and oxygen atoms in total. The van der Waals surface area contributed by atoms with Crippen molar-refractivity contribution < 1.29 is 9.53 Å². The smallest absolute Gasteiger partial charge is 0.258 e. The van der Waals surface area contributed by atoms with E-state index >= 15 is 0 Å². The van der Waals surface area contributed by atoms with Crippen molar-refractivity contribution >= 4 is 22.4 Å². The Kier molecular flexibility index (Phi) is 3.99. The summed E-state index contributed by atoms with van der Waals surface area (Å²) in [5, 5.41) is 8.54. The number of rotatable bonds is 4. The van der Waals surface area contributed by atoms with Crippen LogP contribution in [0.4, 0.5) is 5.13 Å². The number of anilines is 1. The van der Waals surface area contributed by atoms with Gasteiger partial charge in [-0.2, -0.15) is 0 Å². The summed E-state index contributed by atoms with van der Waals surface area (Å²) < 4.78 is 5.50. The summed E-state index contributed by atoms with van der Waals surface area (Å²) in [6.45, 7) is 4.52. The van der Waals surface area contributed by atoms with Crippen molar-refractivity contribution in [2.24, 2.45) is 0 Å². The van der Waals surface area contributed by atoms with Crippen LogP contribution in [0.2, 0.25) is 0 Å². The van der Waals surface area contributed by atoms with Gasteiger partial charge in [0.2, 0.25) is 0 Å². The SMILES string of the molecule is CNC(C)c1csc(NC(=O)C2(C)CCCO2)n1. The van der Waals surface area contributed by atoms with Gasteiger partial charge in [-0.25, -0.2) is 4.98 Å². The fraction of sp³-hybridized carbons (Fsp3) is 0.667. The van der Waals surface area contributed by atoms with Crippen LogP contribution in [0.3, 0.4) is 0 Å². The Hall–Kier alpha value is -0.980. The van der Waals surface area contributed by atoms with Gasteiger partial charge in [-0.05, 0) is 33.7 Å². The predicted molar refractivity (Wildman–Crippen MR) is 71.8 cm³/mol. The lowest BCUT2D eigenvalue weighted by atomic mass is 10.0. The number of aromatic nitrogens is 1. The number of nitrogens with one attached hydrogen (secondary N) is 2. The summed E-state index contributed by atoms with van der Waals surface area (Å²) >= 11 is 1.44. The van der Waals surface area contributed by atoms with Crippen molar-refractivity contribution in [3.8, 4) is 0 Å². The van der Waals surface area contributed by atoms with Gasteiger partial charge in [0.25, 0.3) is 5.91 Å². The molecule has 2 heterocycles. The summed E-state index contributed by atoms with van der Waals surface area (Å²) in [5.41, 5.74) is 0.246. The van der Waals surface area contributed by atoms with Crippen molar-refractivity contribution in [3.05, 3.63) is 11.1 Å². The van der Waals surface area contributed by atoms with Gasteiger partial charge in [0.1, 0.15) is 5.60 Å². The van der Waals surface area contributed by atoms with E-state index in [9.17, 15) is 4.79 Å². The third-order valence-corrected chi connectivity index (χ3v) is 4.09. The number of hydrogen-bond acceptors (Lipinski definition) is 5. The third-order valence-electron chi connectivity index (χ3n) is 3.32. The predicted octanol–water partition coefficient (Wildman–Crippen LogP) is 1.93. The van der Waals surface area contributed by atoms with Gasteiger partial charge in [-0.1, -0.05) is 0 Å². The van der Waals surface area contributed by atoms with Crippen LogP contribution in [0.5, 0.6) is 0 Å². The Bertz CT molecular complexity index is 427. The molecule has 18 heavy (non-hydrogen) atoms. The molecule has 0 bridgehead atoms. The molecule has 1 amide bonds. The van der Waals surface area contributed by atoms with E-state index in [4.69, 9.17) is 4.74 Å². The highest BCUT2D eigenvalue weighted by molar-refractivity contribution is 7.13. The first kappa shape index (κ1) is 13.5.